The van der Waals surface area contributed by atoms with E-state index in [4.69, 9.17) is 0 Å². The molecule has 0 aliphatic rings. The number of nitro groups is 1. The van der Waals surface area contributed by atoms with Crippen molar-refractivity contribution in [2.24, 2.45) is 0 Å². The van der Waals surface area contributed by atoms with Gasteiger partial charge in [-0.15, -0.1) is 0 Å². The molecule has 0 bridgehead atoms. The Balaban J connectivity index is 3.06. The number of rotatable bonds is 2. The molecule has 0 fully saturated rings. The van der Waals surface area contributed by atoms with Gasteiger partial charge in [0.2, 0.25) is 0 Å². The SMILES string of the molecule is O=[N+]([O-])c1cccc(C#CC(F)(F)C(F)(F)Br)c1. The lowest BCUT2D eigenvalue weighted by molar-refractivity contribution is -0.384. The molecule has 0 aromatic heterocycles. The first kappa shape index (κ1) is 14.4. The van der Waals surface area contributed by atoms with Crippen LogP contribution < -0.4 is 0 Å². The Morgan fingerprint density at radius 3 is 2.39 bits per heavy atom. The zero-order chi connectivity index (χ0) is 14.0. The van der Waals surface area contributed by atoms with Crippen LogP contribution in [0.1, 0.15) is 5.56 Å². The third kappa shape index (κ3) is 3.43. The van der Waals surface area contributed by atoms with Gasteiger partial charge in [0, 0.05) is 17.7 Å². The van der Waals surface area contributed by atoms with Crippen LogP contribution in [0, 0.1) is 22.0 Å². The van der Waals surface area contributed by atoms with Crippen LogP contribution in [-0.2, 0) is 0 Å². The molecule has 0 heterocycles. The molecule has 0 amide bonds. The summed E-state index contributed by atoms with van der Waals surface area (Å²) in [6.45, 7) is 0. The lowest BCUT2D eigenvalue weighted by Gasteiger charge is -2.14. The molecule has 0 spiro atoms. The Hall–Kier alpha value is -1.62. The van der Waals surface area contributed by atoms with Gasteiger partial charge in [-0.2, -0.15) is 17.6 Å². The zero-order valence-electron chi connectivity index (χ0n) is 8.46. The first-order valence-electron chi connectivity index (χ1n) is 4.36. The molecule has 1 aromatic carbocycles. The largest absolute Gasteiger partial charge is 0.380 e. The average Bonchev–Trinajstić information content (AvgIpc) is 2.25. The maximum absolute atomic E-state index is 12.8. The van der Waals surface area contributed by atoms with E-state index in [1.807, 2.05) is 0 Å². The van der Waals surface area contributed by atoms with Gasteiger partial charge in [-0.3, -0.25) is 10.1 Å². The minimum Gasteiger partial charge on any atom is -0.258 e. The molecular formula is C10H4BrF4NO2. The molecule has 0 atom stereocenters. The Labute approximate surface area is 107 Å². The summed E-state index contributed by atoms with van der Waals surface area (Å²) in [5.74, 6) is -1.72. The van der Waals surface area contributed by atoms with Crippen molar-refractivity contribution in [3.05, 3.63) is 39.9 Å². The molecule has 8 heteroatoms. The molecular weight excluding hydrogens is 322 g/mol. The number of hydrogen-bond donors (Lipinski definition) is 0. The normalized spacial score (nSPS) is 11.6. The second-order valence-electron chi connectivity index (χ2n) is 3.13. The summed E-state index contributed by atoms with van der Waals surface area (Å²) in [5.41, 5.74) is -0.517. The molecule has 96 valence electrons. The predicted molar refractivity (Wildman–Crippen MR) is 58.8 cm³/mol. The number of benzene rings is 1. The van der Waals surface area contributed by atoms with Gasteiger partial charge < -0.3 is 0 Å². The van der Waals surface area contributed by atoms with Crippen LogP contribution in [0.25, 0.3) is 0 Å². The standard InChI is InChI=1S/C10H4BrF4NO2/c11-10(14,15)9(12,13)5-4-7-2-1-3-8(6-7)16(17)18/h1-3,6H. The van der Waals surface area contributed by atoms with Crippen molar-refractivity contribution in [1.82, 2.24) is 0 Å². The molecule has 0 saturated carbocycles. The number of hydrogen-bond acceptors (Lipinski definition) is 2. The van der Waals surface area contributed by atoms with Crippen LogP contribution in [0.4, 0.5) is 23.2 Å². The van der Waals surface area contributed by atoms with E-state index in [0.29, 0.717) is 0 Å². The minimum absolute atomic E-state index is 0.152. The first-order valence-corrected chi connectivity index (χ1v) is 5.15. The van der Waals surface area contributed by atoms with Crippen molar-refractivity contribution < 1.29 is 22.5 Å². The van der Waals surface area contributed by atoms with E-state index in [1.165, 1.54) is 28.1 Å². The topological polar surface area (TPSA) is 43.1 Å². The van der Waals surface area contributed by atoms with Gasteiger partial charge in [-0.1, -0.05) is 12.0 Å². The van der Waals surface area contributed by atoms with Crippen molar-refractivity contribution in [2.75, 3.05) is 0 Å². The zero-order valence-corrected chi connectivity index (χ0v) is 10.0. The van der Waals surface area contributed by atoms with E-state index < -0.39 is 15.7 Å². The molecule has 18 heavy (non-hydrogen) atoms. The molecule has 3 nitrogen and oxygen atoms in total. The Morgan fingerprint density at radius 2 is 1.89 bits per heavy atom. The number of nitro benzene ring substituents is 1. The third-order valence-electron chi connectivity index (χ3n) is 1.78. The van der Waals surface area contributed by atoms with Gasteiger partial charge in [-0.05, 0) is 27.9 Å². The highest BCUT2D eigenvalue weighted by molar-refractivity contribution is 9.10. The highest BCUT2D eigenvalue weighted by Gasteiger charge is 2.53. The van der Waals surface area contributed by atoms with Gasteiger partial charge in [0.1, 0.15) is 0 Å². The van der Waals surface area contributed by atoms with Crippen molar-refractivity contribution in [2.45, 2.75) is 10.8 Å². The van der Waals surface area contributed by atoms with Crippen LogP contribution in [0.2, 0.25) is 0 Å². The van der Waals surface area contributed by atoms with E-state index in [0.717, 1.165) is 18.1 Å². The monoisotopic (exact) mass is 325 g/mol. The van der Waals surface area contributed by atoms with Crippen LogP contribution >= 0.6 is 15.9 Å². The number of non-ortho nitro benzene ring substituents is 1. The fourth-order valence-electron chi connectivity index (χ4n) is 0.919. The summed E-state index contributed by atoms with van der Waals surface area (Å²) >= 11 is 1.52. The first-order chi connectivity index (χ1) is 8.13. The number of halogens is 5. The van der Waals surface area contributed by atoms with Crippen LogP contribution in [-0.4, -0.2) is 15.7 Å². The molecule has 0 aliphatic carbocycles. The summed E-state index contributed by atoms with van der Waals surface area (Å²) in [6, 6.07) is 4.45. The Morgan fingerprint density at radius 1 is 1.28 bits per heavy atom. The summed E-state index contributed by atoms with van der Waals surface area (Å²) in [6.07, 6.45) is 0. The second-order valence-corrected chi connectivity index (χ2v) is 4.13. The fourth-order valence-corrected chi connectivity index (χ4v) is 1.02. The summed E-state index contributed by atoms with van der Waals surface area (Å²) < 4.78 is 50.3. The van der Waals surface area contributed by atoms with Gasteiger partial charge in [0.25, 0.3) is 5.69 Å². The van der Waals surface area contributed by atoms with Crippen molar-refractivity contribution in [1.29, 1.82) is 0 Å². The summed E-state index contributed by atoms with van der Waals surface area (Å²) in [4.78, 5) is 5.18. The van der Waals surface area contributed by atoms with Crippen LogP contribution in [0.15, 0.2) is 24.3 Å². The number of alkyl halides is 5. The van der Waals surface area contributed by atoms with E-state index in [9.17, 15) is 27.7 Å². The molecule has 1 aromatic rings. The smallest absolute Gasteiger partial charge is 0.258 e. The lowest BCUT2D eigenvalue weighted by atomic mass is 10.2. The van der Waals surface area contributed by atoms with E-state index >= 15 is 0 Å². The van der Waals surface area contributed by atoms with Crippen LogP contribution in [0.3, 0.4) is 0 Å². The minimum atomic E-state index is -4.57. The van der Waals surface area contributed by atoms with Crippen molar-refractivity contribution in [3.63, 3.8) is 0 Å². The number of nitrogens with zero attached hydrogens (tertiary/aromatic N) is 1. The molecule has 1 rings (SSSR count). The molecule has 0 saturated heterocycles. The highest BCUT2D eigenvalue weighted by Crippen LogP contribution is 2.38. The van der Waals surface area contributed by atoms with E-state index in [2.05, 4.69) is 0 Å². The van der Waals surface area contributed by atoms with Crippen molar-refractivity contribution in [3.8, 4) is 11.8 Å². The molecule has 0 aliphatic heterocycles. The highest BCUT2D eigenvalue weighted by atomic mass is 79.9. The van der Waals surface area contributed by atoms with Crippen LogP contribution in [0.5, 0.6) is 0 Å². The van der Waals surface area contributed by atoms with E-state index in [-0.39, 0.29) is 11.3 Å². The maximum Gasteiger partial charge on any atom is 0.380 e. The van der Waals surface area contributed by atoms with Gasteiger partial charge >= 0.3 is 10.8 Å². The third-order valence-corrected chi connectivity index (χ3v) is 2.27. The maximum atomic E-state index is 12.8. The lowest BCUT2D eigenvalue weighted by Crippen LogP contribution is -2.33. The summed E-state index contributed by atoms with van der Waals surface area (Å²) in [7, 11) is 0. The average molecular weight is 326 g/mol. The van der Waals surface area contributed by atoms with Gasteiger partial charge in [0.05, 0.1) is 4.92 Å². The quantitative estimate of drug-likeness (QED) is 0.274. The van der Waals surface area contributed by atoms with Gasteiger partial charge in [0.15, 0.2) is 0 Å². The molecule has 0 N–H and O–H groups in total. The second kappa shape index (κ2) is 4.94. The fraction of sp³-hybridized carbons (Fsp3) is 0.200. The molecule has 0 unspecified atom stereocenters. The molecule has 0 radical (unpaired) electrons. The summed E-state index contributed by atoms with van der Waals surface area (Å²) in [5, 5.41) is 10.4. The van der Waals surface area contributed by atoms with E-state index in [1.54, 1.807) is 5.92 Å². The van der Waals surface area contributed by atoms with Gasteiger partial charge in [-0.25, -0.2) is 0 Å². The predicted octanol–water partition coefficient (Wildman–Crippen LogP) is 3.57. The Kier molecular flexibility index (Phi) is 3.96. The Bertz CT molecular complexity index is 531. The van der Waals surface area contributed by atoms with Crippen molar-refractivity contribution >= 4 is 21.6 Å².